The molecule has 41 heavy (non-hydrogen) atoms. The van der Waals surface area contributed by atoms with Crippen LogP contribution in [0.3, 0.4) is 0 Å². The maximum atomic E-state index is 13.0. The van der Waals surface area contributed by atoms with Gasteiger partial charge in [-0.15, -0.1) is 6.58 Å². The number of rotatable bonds is 9. The van der Waals surface area contributed by atoms with Crippen molar-refractivity contribution < 1.29 is 9.90 Å². The minimum absolute atomic E-state index is 0.155. The average Bonchev–Trinajstić information content (AvgIpc) is 2.96. The molecule has 10 heteroatoms. The number of hydrogen-bond acceptors (Lipinski definition) is 8. The summed E-state index contributed by atoms with van der Waals surface area (Å²) in [4.78, 5) is 35.5. The normalized spacial score (nSPS) is 18.2. The molecular formula is C31H42N8O2. The van der Waals surface area contributed by atoms with Crippen LogP contribution in [0.1, 0.15) is 45.2 Å². The predicted octanol–water partition coefficient (Wildman–Crippen LogP) is 4.05. The van der Waals surface area contributed by atoms with E-state index in [9.17, 15) is 9.90 Å². The van der Waals surface area contributed by atoms with Gasteiger partial charge in [-0.2, -0.15) is 0 Å². The lowest BCUT2D eigenvalue weighted by Crippen LogP contribution is -2.46. The van der Waals surface area contributed by atoms with E-state index in [1.54, 1.807) is 38.1 Å². The van der Waals surface area contributed by atoms with Gasteiger partial charge in [0.2, 0.25) is 0 Å². The molecule has 0 radical (unpaired) electrons. The zero-order valence-corrected chi connectivity index (χ0v) is 24.4. The largest absolute Gasteiger partial charge is 0.384 e. The fourth-order valence-electron chi connectivity index (χ4n) is 5.28. The molecule has 10 nitrogen and oxygen atoms in total. The van der Waals surface area contributed by atoms with Gasteiger partial charge < -0.3 is 25.5 Å². The van der Waals surface area contributed by atoms with E-state index in [1.165, 1.54) is 45.0 Å². The molecule has 0 bridgehead atoms. The van der Waals surface area contributed by atoms with Crippen molar-refractivity contribution in [3.63, 3.8) is 0 Å². The Morgan fingerprint density at radius 2 is 1.85 bits per heavy atom. The number of nitrogens with zero attached hydrogens (tertiary/aromatic N) is 6. The number of aliphatic hydroxyl groups is 1. The number of nitrogens with one attached hydrogen (secondary N) is 2. The van der Waals surface area contributed by atoms with E-state index in [1.807, 2.05) is 18.3 Å². The van der Waals surface area contributed by atoms with E-state index in [4.69, 9.17) is 0 Å². The van der Waals surface area contributed by atoms with Crippen LogP contribution in [0.4, 0.5) is 17.3 Å². The Morgan fingerprint density at radius 1 is 1.15 bits per heavy atom. The summed E-state index contributed by atoms with van der Waals surface area (Å²) in [6.07, 6.45) is 9.73. The van der Waals surface area contributed by atoms with E-state index in [0.717, 1.165) is 18.8 Å². The molecule has 2 aliphatic heterocycles. The molecule has 2 fully saturated rings. The van der Waals surface area contributed by atoms with Crippen LogP contribution in [0.15, 0.2) is 70.9 Å². The van der Waals surface area contributed by atoms with Crippen LogP contribution in [0.25, 0.3) is 0 Å². The fraction of sp³-hybridized carbons (Fsp3) is 0.452. The highest BCUT2D eigenvalue weighted by Gasteiger charge is 2.36. The number of carbonyl (C=O) groups excluding carboxylic acids is 1. The van der Waals surface area contributed by atoms with E-state index in [0.29, 0.717) is 22.7 Å². The second-order valence-corrected chi connectivity index (χ2v) is 11.4. The molecule has 2 aliphatic rings. The summed E-state index contributed by atoms with van der Waals surface area (Å²) in [6, 6.07) is 9.11. The number of aliphatic imine (C=N–C) groups is 2. The smallest absolute Gasteiger partial charge is 0.256 e. The molecule has 0 saturated carbocycles. The summed E-state index contributed by atoms with van der Waals surface area (Å²) in [5, 5.41) is 16.3. The van der Waals surface area contributed by atoms with Gasteiger partial charge in [-0.3, -0.25) is 9.79 Å². The molecule has 2 saturated heterocycles. The first-order chi connectivity index (χ1) is 19.6. The summed E-state index contributed by atoms with van der Waals surface area (Å²) in [5.41, 5.74) is 1.02. The number of piperidine rings is 2. The Bertz CT molecular complexity index is 1280. The van der Waals surface area contributed by atoms with Crippen LogP contribution >= 0.6 is 0 Å². The van der Waals surface area contributed by atoms with Crippen LogP contribution in [0.2, 0.25) is 0 Å². The van der Waals surface area contributed by atoms with Crippen molar-refractivity contribution in [1.82, 2.24) is 20.2 Å². The minimum Gasteiger partial charge on any atom is -0.384 e. The third-order valence-electron chi connectivity index (χ3n) is 7.95. The molecular weight excluding hydrogens is 516 g/mol. The average molecular weight is 559 g/mol. The summed E-state index contributed by atoms with van der Waals surface area (Å²) >= 11 is 0. The lowest BCUT2D eigenvalue weighted by atomic mass is 9.71. The molecule has 218 valence electrons. The number of carbonyl (C=O) groups is 1. The molecule has 3 N–H and O–H groups in total. The number of amidine groups is 1. The standard InChI is InChI=1S/C31H42N8O2/c1-6-16-33-29(40)24(22-32-4)28(37-27-9-7-8-25(35-27)30(2,3)41)36-26-11-10-23(21-34-26)39-19-14-31(15-20-39)12-17-38(5)18-13-31/h6-11,21-22,41H,1,4,12-20H2,2-3,5H3,(H,33,40)(H,34,35,36,37)/b24-22+. The topological polar surface area (TPSA) is 118 Å². The molecule has 2 aromatic heterocycles. The van der Waals surface area contributed by atoms with Gasteiger partial charge in [0.1, 0.15) is 22.8 Å². The van der Waals surface area contributed by atoms with Crippen molar-refractivity contribution in [3.8, 4) is 0 Å². The SMILES string of the molecule is C=CCNC(=O)C(=C/N=C)/C(=N\c1ccc(N2CCC3(CCN(C)CC3)CC2)cn1)Nc1cccc(C(C)(C)O)n1. The fourth-order valence-corrected chi connectivity index (χ4v) is 5.28. The predicted molar refractivity (Wildman–Crippen MR) is 166 cm³/mol. The molecule has 0 aromatic carbocycles. The summed E-state index contributed by atoms with van der Waals surface area (Å²) < 4.78 is 0. The molecule has 2 aromatic rings. The van der Waals surface area contributed by atoms with Crippen LogP contribution in [-0.4, -0.2) is 78.2 Å². The lowest BCUT2D eigenvalue weighted by molar-refractivity contribution is -0.116. The third kappa shape index (κ3) is 7.86. The van der Waals surface area contributed by atoms with Gasteiger partial charge >= 0.3 is 0 Å². The quantitative estimate of drug-likeness (QED) is 0.184. The first-order valence-electron chi connectivity index (χ1n) is 14.1. The van der Waals surface area contributed by atoms with Gasteiger partial charge in [0.25, 0.3) is 5.91 Å². The summed E-state index contributed by atoms with van der Waals surface area (Å²) in [7, 11) is 2.21. The number of hydrogen-bond donors (Lipinski definition) is 3. The van der Waals surface area contributed by atoms with Crippen LogP contribution < -0.4 is 15.5 Å². The number of pyridine rings is 2. The van der Waals surface area contributed by atoms with Gasteiger partial charge in [-0.05, 0) is 96.1 Å². The number of amides is 1. The number of aromatic nitrogens is 2. The van der Waals surface area contributed by atoms with Gasteiger partial charge in [-0.1, -0.05) is 12.1 Å². The van der Waals surface area contributed by atoms with Gasteiger partial charge in [-0.25, -0.2) is 15.0 Å². The van der Waals surface area contributed by atoms with Gasteiger partial charge in [0, 0.05) is 25.8 Å². The second-order valence-electron chi connectivity index (χ2n) is 11.4. The monoisotopic (exact) mass is 558 g/mol. The Hall–Kier alpha value is -3.89. The van der Waals surface area contributed by atoms with Crippen LogP contribution in [-0.2, 0) is 10.4 Å². The van der Waals surface area contributed by atoms with Gasteiger partial charge in [0.15, 0.2) is 5.82 Å². The highest BCUT2D eigenvalue weighted by molar-refractivity contribution is 6.25. The molecule has 1 spiro atoms. The Labute approximate surface area is 243 Å². The summed E-state index contributed by atoms with van der Waals surface area (Å²) in [6.45, 7) is 15.2. The Balaban J connectivity index is 1.57. The van der Waals surface area contributed by atoms with Crippen molar-refractivity contribution in [3.05, 3.63) is 66.7 Å². The molecule has 4 heterocycles. The Kier molecular flexibility index (Phi) is 9.67. The molecule has 1 amide bonds. The molecule has 4 rings (SSSR count). The minimum atomic E-state index is -1.14. The van der Waals surface area contributed by atoms with Crippen LogP contribution in [0, 0.1) is 5.41 Å². The van der Waals surface area contributed by atoms with E-state index >= 15 is 0 Å². The zero-order valence-electron chi connectivity index (χ0n) is 24.4. The number of anilines is 2. The number of likely N-dealkylation sites (tertiary alicyclic amines) is 1. The van der Waals surface area contributed by atoms with Crippen molar-refractivity contribution in [2.45, 2.75) is 45.1 Å². The maximum Gasteiger partial charge on any atom is 0.256 e. The van der Waals surface area contributed by atoms with Crippen molar-refractivity contribution >= 4 is 35.8 Å². The van der Waals surface area contributed by atoms with Crippen molar-refractivity contribution in [2.24, 2.45) is 15.4 Å². The van der Waals surface area contributed by atoms with E-state index in [-0.39, 0.29) is 18.0 Å². The first-order valence-corrected chi connectivity index (χ1v) is 14.1. The Morgan fingerprint density at radius 3 is 2.46 bits per heavy atom. The first kappa shape index (κ1) is 30.1. The maximum absolute atomic E-state index is 13.0. The van der Waals surface area contributed by atoms with E-state index < -0.39 is 11.5 Å². The molecule has 0 unspecified atom stereocenters. The van der Waals surface area contributed by atoms with E-state index in [2.05, 4.69) is 60.7 Å². The van der Waals surface area contributed by atoms with Crippen LogP contribution in [0.5, 0.6) is 0 Å². The molecule has 0 aliphatic carbocycles. The second kappa shape index (κ2) is 13.2. The van der Waals surface area contributed by atoms with Crippen molar-refractivity contribution in [2.75, 3.05) is 50.0 Å². The third-order valence-corrected chi connectivity index (χ3v) is 7.95. The zero-order chi connectivity index (χ0) is 29.5. The highest BCUT2D eigenvalue weighted by Crippen LogP contribution is 2.41. The highest BCUT2D eigenvalue weighted by atomic mass is 16.3. The lowest BCUT2D eigenvalue weighted by Gasteiger charge is -2.46. The molecule has 0 atom stereocenters. The van der Waals surface area contributed by atoms with Crippen molar-refractivity contribution in [1.29, 1.82) is 0 Å². The summed E-state index contributed by atoms with van der Waals surface area (Å²) in [5.74, 6) is 0.615. The van der Waals surface area contributed by atoms with Gasteiger partial charge in [0.05, 0.1) is 17.6 Å².